The number of amides is 1. The lowest BCUT2D eigenvalue weighted by atomic mass is 9.48. The van der Waals surface area contributed by atoms with E-state index in [-0.39, 0.29) is 23.9 Å². The third-order valence-electron chi connectivity index (χ3n) is 10.7. The number of nitrogens with zero attached hydrogens (tertiary/aromatic N) is 1. The van der Waals surface area contributed by atoms with Crippen LogP contribution < -0.4 is 0 Å². The molecule has 1 amide bonds. The molecule has 6 rings (SSSR count). The molecule has 2 aliphatic carbocycles. The number of hydrogen-bond donors (Lipinski definition) is 1. The Morgan fingerprint density at radius 1 is 0.808 bits per heavy atom. The fourth-order valence-electron chi connectivity index (χ4n) is 7.93. The van der Waals surface area contributed by atoms with Gasteiger partial charge in [-0.2, -0.15) is 26.3 Å². The molecule has 0 bridgehead atoms. The fourth-order valence-corrected chi connectivity index (χ4v) is 10.0. The van der Waals surface area contributed by atoms with Gasteiger partial charge < -0.3 is 14.7 Å². The molecule has 1 N–H and O–H groups in total. The molecule has 1 saturated heterocycles. The predicted molar refractivity (Wildman–Crippen MR) is 163 cm³/mol. The van der Waals surface area contributed by atoms with Crippen molar-refractivity contribution in [2.75, 3.05) is 13.1 Å². The first kappa shape index (κ1) is 37.6. The maximum atomic E-state index is 14.5. The molecule has 1 atom stereocenters. The number of carboxylic acids is 1. The van der Waals surface area contributed by atoms with Crippen LogP contribution in [0.3, 0.4) is 0 Å². The summed E-state index contributed by atoms with van der Waals surface area (Å²) in [7, 11) is -4.63. The van der Waals surface area contributed by atoms with E-state index >= 15 is 0 Å². The van der Waals surface area contributed by atoms with Crippen molar-refractivity contribution in [1.29, 1.82) is 0 Å². The molecule has 1 spiro atoms. The Bertz CT molecular complexity index is 1930. The number of likely N-dealkylation sites (tertiary alicyclic amines) is 1. The molecular weight excluding hydrogens is 733 g/mol. The summed E-state index contributed by atoms with van der Waals surface area (Å²) < 4.78 is 160. The number of halogens is 9. The van der Waals surface area contributed by atoms with Crippen LogP contribution in [0.4, 0.5) is 39.5 Å². The van der Waals surface area contributed by atoms with Gasteiger partial charge in [0.15, 0.2) is 9.84 Å². The van der Waals surface area contributed by atoms with E-state index in [1.54, 1.807) is 0 Å². The van der Waals surface area contributed by atoms with Crippen molar-refractivity contribution in [2.45, 2.75) is 66.3 Å². The van der Waals surface area contributed by atoms with Crippen molar-refractivity contribution in [1.82, 2.24) is 4.90 Å². The maximum absolute atomic E-state index is 14.5. The van der Waals surface area contributed by atoms with Crippen LogP contribution >= 0.6 is 0 Å². The number of alkyl halides is 6. The van der Waals surface area contributed by atoms with Crippen LogP contribution in [0, 0.1) is 34.7 Å². The van der Waals surface area contributed by atoms with Crippen molar-refractivity contribution in [2.24, 2.45) is 17.3 Å². The zero-order valence-corrected chi connectivity index (χ0v) is 27.7. The lowest BCUT2D eigenvalue weighted by Gasteiger charge is -2.56. The van der Waals surface area contributed by atoms with E-state index in [9.17, 15) is 62.6 Å². The number of hydrogen-bond acceptors (Lipinski definition) is 5. The van der Waals surface area contributed by atoms with Crippen molar-refractivity contribution in [3.63, 3.8) is 0 Å². The second-order valence-electron chi connectivity index (χ2n) is 13.8. The summed E-state index contributed by atoms with van der Waals surface area (Å²) in [6.45, 7) is -2.48. The molecule has 52 heavy (non-hydrogen) atoms. The highest BCUT2D eigenvalue weighted by Crippen LogP contribution is 2.62. The zero-order valence-electron chi connectivity index (χ0n) is 26.9. The van der Waals surface area contributed by atoms with Gasteiger partial charge in [-0.3, -0.25) is 9.59 Å². The molecule has 0 aromatic heterocycles. The topological polar surface area (TPSA) is 101 Å². The molecule has 3 aromatic rings. The number of sulfone groups is 1. The van der Waals surface area contributed by atoms with Gasteiger partial charge in [0.05, 0.1) is 17.4 Å². The van der Waals surface area contributed by atoms with Crippen LogP contribution in [-0.2, 0) is 41.1 Å². The van der Waals surface area contributed by atoms with E-state index in [1.165, 1.54) is 4.90 Å². The fraction of sp³-hybridized carbons (Fsp3) is 0.429. The van der Waals surface area contributed by atoms with Gasteiger partial charge in [0.2, 0.25) is 5.91 Å². The second-order valence-corrected chi connectivity index (χ2v) is 16.0. The van der Waals surface area contributed by atoms with Crippen molar-refractivity contribution in [3.8, 4) is 0 Å². The summed E-state index contributed by atoms with van der Waals surface area (Å²) in [6, 6.07) is 7.93. The summed E-state index contributed by atoms with van der Waals surface area (Å²) in [5, 5.41) is 9.22. The Morgan fingerprint density at radius 3 is 1.87 bits per heavy atom. The molecule has 2 saturated carbocycles. The Hall–Kier alpha value is -4.12. The first-order chi connectivity index (χ1) is 24.2. The lowest BCUT2D eigenvalue weighted by molar-refractivity contribution is -0.392. The number of ether oxygens (including phenoxy) is 1. The highest BCUT2D eigenvalue weighted by molar-refractivity contribution is 7.92. The van der Waals surface area contributed by atoms with E-state index in [1.807, 2.05) is 0 Å². The van der Waals surface area contributed by atoms with Crippen LogP contribution in [0.5, 0.6) is 0 Å². The van der Waals surface area contributed by atoms with Gasteiger partial charge in [0.25, 0.3) is 5.60 Å². The molecular formula is C35H30F9NO6S. The average molecular weight is 764 g/mol. The molecule has 1 unspecified atom stereocenters. The normalized spacial score (nSPS) is 25.1. The molecule has 3 aliphatic rings. The summed E-state index contributed by atoms with van der Waals surface area (Å²) in [5.41, 5.74) is -8.45. The maximum Gasteiger partial charge on any atom is 0.430 e. The predicted octanol–water partition coefficient (Wildman–Crippen LogP) is 7.43. The molecule has 3 fully saturated rings. The van der Waals surface area contributed by atoms with Crippen LogP contribution in [0.15, 0.2) is 71.6 Å². The first-order valence-corrected chi connectivity index (χ1v) is 17.5. The highest BCUT2D eigenvalue weighted by atomic mass is 32.2. The average Bonchev–Trinajstić information content (AvgIpc) is 3.48. The van der Waals surface area contributed by atoms with Gasteiger partial charge >= 0.3 is 18.3 Å². The van der Waals surface area contributed by atoms with Gasteiger partial charge in [0.1, 0.15) is 22.2 Å². The quantitative estimate of drug-likeness (QED) is 0.180. The molecule has 17 heteroatoms. The third kappa shape index (κ3) is 6.02. The molecule has 3 aromatic carbocycles. The molecule has 7 nitrogen and oxygen atoms in total. The number of carbonyl (C=O) groups is 2. The summed E-state index contributed by atoms with van der Waals surface area (Å²) in [6.07, 6.45) is -11.3. The lowest BCUT2D eigenvalue weighted by Crippen LogP contribution is -2.56. The number of carbonyl (C=O) groups excluding carboxylic acids is 1. The Balaban J connectivity index is 1.36. The van der Waals surface area contributed by atoms with Crippen LogP contribution in [0.25, 0.3) is 0 Å². The van der Waals surface area contributed by atoms with Crippen LogP contribution in [0.1, 0.15) is 48.8 Å². The second kappa shape index (κ2) is 12.8. The standard InChI is InChI=1S/C35H30F9NO6S/c36-24-8-10-25(11-9-24)52(49,50)32(12-13-45(19-32)29(46)20-14-31(15-20)16-21(17-31)30(47)48)22-4-6-23(7-5-22)33(34(39,40)41,35(42,43)44)51-18-26-27(37)2-1-3-28(26)38/h1-11,20-21H,12-19H2,(H,47,48). The first-order valence-electron chi connectivity index (χ1n) is 16.0. The SMILES string of the molecule is O=C(O)C1CC2(C1)CC(C(=O)N1CCC(c3ccc(C(OCc4c(F)cccc4F)(C(F)(F)F)C(F)(F)F)cc3)(S(=O)(=O)c3ccc(F)cc3)C1)C2. The third-order valence-corrected chi connectivity index (χ3v) is 13.2. The minimum Gasteiger partial charge on any atom is -0.481 e. The highest BCUT2D eigenvalue weighted by Gasteiger charge is 2.73. The molecule has 280 valence electrons. The molecule has 1 heterocycles. The van der Waals surface area contributed by atoms with E-state index < -0.39 is 103 Å². The number of benzene rings is 3. The molecule has 1 aliphatic heterocycles. The van der Waals surface area contributed by atoms with Gasteiger partial charge in [-0.05, 0) is 79.5 Å². The van der Waals surface area contributed by atoms with E-state index in [0.717, 1.165) is 42.5 Å². The van der Waals surface area contributed by atoms with E-state index in [2.05, 4.69) is 4.74 Å². The Labute approximate surface area is 291 Å². The minimum absolute atomic E-state index is 0.158. The monoisotopic (exact) mass is 763 g/mol. The van der Waals surface area contributed by atoms with Gasteiger partial charge in [-0.1, -0.05) is 30.3 Å². The van der Waals surface area contributed by atoms with E-state index in [0.29, 0.717) is 49.9 Å². The Morgan fingerprint density at radius 2 is 1.35 bits per heavy atom. The molecule has 0 radical (unpaired) electrons. The number of carboxylic acid groups (broad SMARTS) is 1. The summed E-state index contributed by atoms with van der Waals surface area (Å²) in [4.78, 5) is 25.7. The summed E-state index contributed by atoms with van der Waals surface area (Å²) in [5.74, 6) is -6.11. The largest absolute Gasteiger partial charge is 0.481 e. The Kier molecular flexibility index (Phi) is 9.25. The van der Waals surface area contributed by atoms with Crippen LogP contribution in [0.2, 0.25) is 0 Å². The van der Waals surface area contributed by atoms with Crippen LogP contribution in [-0.4, -0.2) is 55.7 Å². The van der Waals surface area contributed by atoms with Gasteiger partial charge in [0, 0.05) is 30.1 Å². The number of aliphatic carboxylic acids is 1. The zero-order chi connectivity index (χ0) is 38.1. The number of rotatable bonds is 9. The van der Waals surface area contributed by atoms with Crippen molar-refractivity contribution in [3.05, 3.63) is 101 Å². The van der Waals surface area contributed by atoms with Crippen molar-refractivity contribution < 1.29 is 67.4 Å². The van der Waals surface area contributed by atoms with Crippen molar-refractivity contribution >= 4 is 21.7 Å². The van der Waals surface area contributed by atoms with Gasteiger partial charge in [-0.25, -0.2) is 21.6 Å². The smallest absolute Gasteiger partial charge is 0.430 e. The summed E-state index contributed by atoms with van der Waals surface area (Å²) >= 11 is 0. The van der Waals surface area contributed by atoms with Gasteiger partial charge in [-0.15, -0.1) is 0 Å². The van der Waals surface area contributed by atoms with E-state index in [4.69, 9.17) is 0 Å². The minimum atomic E-state index is -6.24.